The molecule has 0 aliphatic heterocycles. The number of rotatable bonds is 2. The Kier molecular flexibility index (Phi) is 3.50. The molecule has 0 heterocycles. The van der Waals surface area contributed by atoms with Crippen molar-refractivity contribution in [1.82, 2.24) is 0 Å². The lowest BCUT2D eigenvalue weighted by Crippen LogP contribution is -2.02. The van der Waals surface area contributed by atoms with E-state index >= 15 is 0 Å². The van der Waals surface area contributed by atoms with Crippen molar-refractivity contribution < 1.29 is 4.74 Å². The van der Waals surface area contributed by atoms with E-state index in [2.05, 4.69) is 0 Å². The van der Waals surface area contributed by atoms with Gasteiger partial charge in [-0.1, -0.05) is 23.7 Å². The maximum absolute atomic E-state index is 5.77. The quantitative estimate of drug-likeness (QED) is 0.679. The van der Waals surface area contributed by atoms with Gasteiger partial charge in [0.1, 0.15) is 0 Å². The Bertz CT molecular complexity index is 286. The van der Waals surface area contributed by atoms with Crippen LogP contribution in [0, 0.1) is 0 Å². The van der Waals surface area contributed by atoms with E-state index in [-0.39, 0.29) is 0 Å². The Morgan fingerprint density at radius 1 is 1.58 bits per heavy atom. The topological polar surface area (TPSA) is 9.23 Å². The molecule has 0 unspecified atom stereocenters. The number of hydrogen-bond donors (Lipinski definition) is 0. The molecule has 0 aliphatic carbocycles. The summed E-state index contributed by atoms with van der Waals surface area (Å²) in [5.74, 6) is 0. The highest BCUT2D eigenvalue weighted by molar-refractivity contribution is 7.80. The Morgan fingerprint density at radius 2 is 2.33 bits per heavy atom. The van der Waals surface area contributed by atoms with Crippen molar-refractivity contribution in [2.24, 2.45) is 0 Å². The third-order valence-electron chi connectivity index (χ3n) is 1.34. The van der Waals surface area contributed by atoms with Crippen LogP contribution in [-0.2, 0) is 4.74 Å². The van der Waals surface area contributed by atoms with Gasteiger partial charge in [-0.2, -0.15) is 0 Å². The van der Waals surface area contributed by atoms with Crippen LogP contribution in [0.4, 0.5) is 0 Å². The van der Waals surface area contributed by atoms with Crippen LogP contribution in [0.3, 0.4) is 0 Å². The first-order chi connectivity index (χ1) is 5.74. The lowest BCUT2D eigenvalue weighted by molar-refractivity contribution is 0.337. The number of halogens is 1. The Hall–Kier alpha value is -0.600. The average molecular weight is 201 g/mol. The zero-order chi connectivity index (χ0) is 8.97. The number of hydrogen-bond acceptors (Lipinski definition) is 2. The molecule has 0 N–H and O–H groups in total. The van der Waals surface area contributed by atoms with Crippen LogP contribution in [0.25, 0.3) is 0 Å². The summed E-state index contributed by atoms with van der Waals surface area (Å²) < 4.78 is 5.16. The van der Waals surface area contributed by atoms with Gasteiger partial charge in [-0.25, -0.2) is 0 Å². The third kappa shape index (κ3) is 2.47. The van der Waals surface area contributed by atoms with Gasteiger partial charge in [-0.05, 0) is 31.3 Å². The van der Waals surface area contributed by atoms with Gasteiger partial charge in [0, 0.05) is 10.6 Å². The maximum atomic E-state index is 5.77. The van der Waals surface area contributed by atoms with E-state index in [1.54, 1.807) is 12.1 Å². The number of thiocarbonyl (C=S) groups is 1. The second kappa shape index (κ2) is 4.43. The molecule has 0 bridgehead atoms. The molecule has 0 aliphatic rings. The summed E-state index contributed by atoms with van der Waals surface area (Å²) in [6.45, 7) is 2.49. The molecule has 1 nitrogen and oxygen atoms in total. The number of ether oxygens (including phenoxy) is 1. The first kappa shape index (κ1) is 9.49. The van der Waals surface area contributed by atoms with Crippen molar-refractivity contribution in [3.05, 3.63) is 34.9 Å². The molecule has 1 aromatic rings. The molecule has 0 saturated carbocycles. The van der Waals surface area contributed by atoms with Gasteiger partial charge in [0.25, 0.3) is 0 Å². The second-order valence-electron chi connectivity index (χ2n) is 2.23. The highest BCUT2D eigenvalue weighted by atomic mass is 35.5. The minimum atomic E-state index is 0.500. The van der Waals surface area contributed by atoms with E-state index in [4.69, 9.17) is 28.6 Å². The smallest absolute Gasteiger partial charge is 0.191 e. The summed E-state index contributed by atoms with van der Waals surface area (Å²) in [7, 11) is 0. The van der Waals surface area contributed by atoms with Crippen LogP contribution in [-0.4, -0.2) is 11.7 Å². The Labute approximate surface area is 82.3 Å². The van der Waals surface area contributed by atoms with E-state index in [0.29, 0.717) is 16.7 Å². The van der Waals surface area contributed by atoms with Crippen molar-refractivity contribution in [2.45, 2.75) is 6.92 Å². The zero-order valence-corrected chi connectivity index (χ0v) is 8.28. The first-order valence-corrected chi connectivity index (χ1v) is 4.45. The van der Waals surface area contributed by atoms with Crippen molar-refractivity contribution in [3.63, 3.8) is 0 Å². The van der Waals surface area contributed by atoms with Crippen LogP contribution < -0.4 is 0 Å². The van der Waals surface area contributed by atoms with Gasteiger partial charge >= 0.3 is 0 Å². The highest BCUT2D eigenvalue weighted by Crippen LogP contribution is 2.11. The largest absolute Gasteiger partial charge is 0.483 e. The fourth-order valence-electron chi connectivity index (χ4n) is 0.830. The lowest BCUT2D eigenvalue weighted by Gasteiger charge is -2.04. The van der Waals surface area contributed by atoms with Crippen LogP contribution in [0.1, 0.15) is 12.5 Å². The fourth-order valence-corrected chi connectivity index (χ4v) is 1.26. The molecule has 0 saturated heterocycles. The van der Waals surface area contributed by atoms with E-state index in [0.717, 1.165) is 5.56 Å². The molecule has 1 aromatic carbocycles. The van der Waals surface area contributed by atoms with Gasteiger partial charge in [0.15, 0.2) is 5.05 Å². The molecular formula is C9H9ClOS. The first-order valence-electron chi connectivity index (χ1n) is 3.66. The molecule has 64 valence electrons. The van der Waals surface area contributed by atoms with Gasteiger partial charge in [-0.15, -0.1) is 0 Å². The highest BCUT2D eigenvalue weighted by Gasteiger charge is 2.00. The lowest BCUT2D eigenvalue weighted by atomic mass is 10.2. The van der Waals surface area contributed by atoms with E-state index in [9.17, 15) is 0 Å². The molecule has 0 amide bonds. The summed E-state index contributed by atoms with van der Waals surface area (Å²) >= 11 is 10.8. The third-order valence-corrected chi connectivity index (χ3v) is 1.92. The molecule has 0 fully saturated rings. The van der Waals surface area contributed by atoms with Crippen molar-refractivity contribution in [3.8, 4) is 0 Å². The van der Waals surface area contributed by atoms with Crippen LogP contribution >= 0.6 is 23.8 Å². The zero-order valence-electron chi connectivity index (χ0n) is 6.71. The normalized spacial score (nSPS) is 9.50. The van der Waals surface area contributed by atoms with Crippen molar-refractivity contribution >= 4 is 28.9 Å². The summed E-state index contributed by atoms with van der Waals surface area (Å²) in [6, 6.07) is 7.33. The standard InChI is InChI=1S/C9H9ClOS/c1-2-11-9(12)7-4-3-5-8(10)6-7/h3-6H,2H2,1H3. The molecule has 0 spiro atoms. The Balaban J connectivity index is 2.81. The fraction of sp³-hybridized carbons (Fsp3) is 0.222. The molecule has 3 heteroatoms. The molecular weight excluding hydrogens is 192 g/mol. The van der Waals surface area contributed by atoms with E-state index < -0.39 is 0 Å². The SMILES string of the molecule is CCOC(=S)c1cccc(Cl)c1. The summed E-state index contributed by atoms with van der Waals surface area (Å²) in [4.78, 5) is 0. The van der Waals surface area contributed by atoms with Crippen LogP contribution in [0.15, 0.2) is 24.3 Å². The van der Waals surface area contributed by atoms with Gasteiger partial charge in [-0.3, -0.25) is 0 Å². The van der Waals surface area contributed by atoms with Gasteiger partial charge in [0.05, 0.1) is 6.61 Å². The summed E-state index contributed by atoms with van der Waals surface area (Å²) in [5, 5.41) is 1.18. The van der Waals surface area contributed by atoms with Crippen molar-refractivity contribution in [1.29, 1.82) is 0 Å². The minimum absolute atomic E-state index is 0.500. The predicted molar refractivity (Wildman–Crippen MR) is 54.8 cm³/mol. The van der Waals surface area contributed by atoms with Crippen molar-refractivity contribution in [2.75, 3.05) is 6.61 Å². The molecule has 1 rings (SSSR count). The molecule has 0 atom stereocenters. The number of benzene rings is 1. The maximum Gasteiger partial charge on any atom is 0.191 e. The Morgan fingerprint density at radius 3 is 2.92 bits per heavy atom. The van der Waals surface area contributed by atoms with E-state index in [1.807, 2.05) is 19.1 Å². The van der Waals surface area contributed by atoms with E-state index in [1.165, 1.54) is 0 Å². The monoisotopic (exact) mass is 200 g/mol. The molecule has 0 aromatic heterocycles. The summed E-state index contributed by atoms with van der Waals surface area (Å²) in [6.07, 6.45) is 0. The van der Waals surface area contributed by atoms with Crippen LogP contribution in [0.2, 0.25) is 5.02 Å². The average Bonchev–Trinajstić information content (AvgIpc) is 2.05. The van der Waals surface area contributed by atoms with Gasteiger partial charge < -0.3 is 4.74 Å². The predicted octanol–water partition coefficient (Wildman–Crippen LogP) is 3.05. The molecule has 0 radical (unpaired) electrons. The van der Waals surface area contributed by atoms with Gasteiger partial charge in [0.2, 0.25) is 0 Å². The summed E-state index contributed by atoms with van der Waals surface area (Å²) in [5.41, 5.74) is 0.861. The molecule has 12 heavy (non-hydrogen) atoms. The second-order valence-corrected chi connectivity index (χ2v) is 3.04. The minimum Gasteiger partial charge on any atom is -0.483 e. The van der Waals surface area contributed by atoms with Crippen LogP contribution in [0.5, 0.6) is 0 Å².